The Hall–Kier alpha value is -0.910. The molecule has 0 aliphatic carbocycles. The number of rotatable bonds is 6. The molecule has 0 bridgehead atoms. The number of imidazole rings is 1. The van der Waals surface area contributed by atoms with Crippen LogP contribution in [-0.2, 0) is 18.3 Å². The second kappa shape index (κ2) is 5.85. The van der Waals surface area contributed by atoms with Gasteiger partial charge >= 0.3 is 0 Å². The number of likely N-dealkylation sites (N-methyl/N-ethyl adjacent to an activating group) is 1. The van der Waals surface area contributed by atoms with Crippen molar-refractivity contribution in [3.8, 4) is 0 Å². The highest BCUT2D eigenvalue weighted by Crippen LogP contribution is 2.03. The highest BCUT2D eigenvalue weighted by atomic mass is 16.5. The third-order valence-electron chi connectivity index (χ3n) is 2.57. The lowest BCUT2D eigenvalue weighted by Crippen LogP contribution is -2.41. The van der Waals surface area contributed by atoms with Gasteiger partial charge in [-0.05, 0) is 7.05 Å². The van der Waals surface area contributed by atoms with Crippen molar-refractivity contribution >= 4 is 0 Å². The van der Waals surface area contributed by atoms with E-state index >= 15 is 0 Å². The van der Waals surface area contributed by atoms with Gasteiger partial charge in [-0.3, -0.25) is 4.90 Å². The molecule has 2 N–H and O–H groups in total. The molecule has 0 aliphatic rings. The topological polar surface area (TPSA) is 56.3 Å². The van der Waals surface area contributed by atoms with E-state index in [1.54, 1.807) is 13.3 Å². The molecule has 1 aromatic rings. The van der Waals surface area contributed by atoms with E-state index in [4.69, 9.17) is 10.5 Å². The van der Waals surface area contributed by atoms with E-state index in [0.29, 0.717) is 13.2 Å². The van der Waals surface area contributed by atoms with Crippen LogP contribution in [0.2, 0.25) is 0 Å². The van der Waals surface area contributed by atoms with Gasteiger partial charge in [0.2, 0.25) is 0 Å². The average molecular weight is 212 g/mol. The number of aryl methyl sites for hydroxylation is 1. The normalized spacial score (nSPS) is 13.4. The minimum atomic E-state index is 0.242. The van der Waals surface area contributed by atoms with Crippen molar-refractivity contribution in [3.05, 3.63) is 18.2 Å². The van der Waals surface area contributed by atoms with Crippen molar-refractivity contribution in [2.75, 3.05) is 27.3 Å². The van der Waals surface area contributed by atoms with Gasteiger partial charge in [-0.2, -0.15) is 0 Å². The minimum absolute atomic E-state index is 0.242. The van der Waals surface area contributed by atoms with E-state index < -0.39 is 0 Å². The predicted molar refractivity (Wildman–Crippen MR) is 59.4 cm³/mol. The van der Waals surface area contributed by atoms with Crippen molar-refractivity contribution < 1.29 is 4.74 Å². The molecule has 5 nitrogen and oxygen atoms in total. The summed E-state index contributed by atoms with van der Waals surface area (Å²) in [5, 5.41) is 0. The van der Waals surface area contributed by atoms with E-state index in [9.17, 15) is 0 Å². The quantitative estimate of drug-likeness (QED) is 0.711. The summed E-state index contributed by atoms with van der Waals surface area (Å²) in [6.45, 7) is 2.03. The second-order valence-electron chi connectivity index (χ2n) is 3.71. The van der Waals surface area contributed by atoms with Crippen LogP contribution in [0.15, 0.2) is 12.4 Å². The molecule has 1 atom stereocenters. The van der Waals surface area contributed by atoms with Crippen LogP contribution in [0, 0.1) is 0 Å². The van der Waals surface area contributed by atoms with Gasteiger partial charge in [0.05, 0.1) is 13.2 Å². The van der Waals surface area contributed by atoms with Crippen molar-refractivity contribution in [3.63, 3.8) is 0 Å². The molecule has 0 radical (unpaired) electrons. The van der Waals surface area contributed by atoms with E-state index in [1.807, 2.05) is 24.9 Å². The summed E-state index contributed by atoms with van der Waals surface area (Å²) >= 11 is 0. The van der Waals surface area contributed by atoms with Gasteiger partial charge in [-0.15, -0.1) is 0 Å². The lowest BCUT2D eigenvalue weighted by Gasteiger charge is -2.25. The Labute approximate surface area is 90.8 Å². The summed E-state index contributed by atoms with van der Waals surface area (Å²) in [4.78, 5) is 6.43. The van der Waals surface area contributed by atoms with Crippen LogP contribution < -0.4 is 5.73 Å². The highest BCUT2D eigenvalue weighted by Gasteiger charge is 2.14. The molecule has 5 heteroatoms. The largest absolute Gasteiger partial charge is 0.383 e. The first-order valence-corrected chi connectivity index (χ1v) is 5.04. The number of methoxy groups -OCH3 is 1. The molecule has 0 fully saturated rings. The number of hydrogen-bond acceptors (Lipinski definition) is 4. The van der Waals surface area contributed by atoms with Crippen LogP contribution in [-0.4, -0.2) is 47.8 Å². The molecule has 1 aromatic heterocycles. The molecule has 1 rings (SSSR count). The molecule has 1 heterocycles. The molecule has 0 spiro atoms. The first kappa shape index (κ1) is 12.2. The summed E-state index contributed by atoms with van der Waals surface area (Å²) in [6.07, 6.45) is 3.74. The number of nitrogens with two attached hydrogens (primary N) is 1. The third-order valence-corrected chi connectivity index (χ3v) is 2.57. The van der Waals surface area contributed by atoms with Crippen LogP contribution in [0.5, 0.6) is 0 Å². The molecule has 86 valence electrons. The lowest BCUT2D eigenvalue weighted by atomic mass is 10.3. The zero-order valence-corrected chi connectivity index (χ0v) is 9.68. The number of nitrogens with zero attached hydrogens (tertiary/aromatic N) is 3. The van der Waals surface area contributed by atoms with Gasteiger partial charge in [-0.25, -0.2) is 4.98 Å². The Morgan fingerprint density at radius 3 is 2.87 bits per heavy atom. The van der Waals surface area contributed by atoms with Crippen molar-refractivity contribution in [2.45, 2.75) is 12.6 Å². The summed E-state index contributed by atoms with van der Waals surface area (Å²) < 4.78 is 7.13. The van der Waals surface area contributed by atoms with Crippen LogP contribution in [0.25, 0.3) is 0 Å². The molecule has 15 heavy (non-hydrogen) atoms. The fraction of sp³-hybridized carbons (Fsp3) is 0.700. The maximum absolute atomic E-state index is 5.68. The Bertz CT molecular complexity index is 287. The van der Waals surface area contributed by atoms with E-state index in [0.717, 1.165) is 12.4 Å². The molecular formula is C10H20N4O. The molecular weight excluding hydrogens is 192 g/mol. The average Bonchev–Trinajstić information content (AvgIpc) is 2.60. The molecule has 0 saturated heterocycles. The zero-order valence-electron chi connectivity index (χ0n) is 9.68. The molecule has 1 unspecified atom stereocenters. The Kier molecular flexibility index (Phi) is 4.74. The van der Waals surface area contributed by atoms with Crippen molar-refractivity contribution in [1.29, 1.82) is 0 Å². The zero-order chi connectivity index (χ0) is 11.3. The highest BCUT2D eigenvalue weighted by molar-refractivity contribution is 4.91. The fourth-order valence-corrected chi connectivity index (χ4v) is 1.47. The van der Waals surface area contributed by atoms with Crippen LogP contribution >= 0.6 is 0 Å². The maximum Gasteiger partial charge on any atom is 0.122 e. The predicted octanol–water partition coefficient (Wildman–Crippen LogP) is -0.174. The first-order valence-electron chi connectivity index (χ1n) is 5.04. The summed E-state index contributed by atoms with van der Waals surface area (Å²) in [5.41, 5.74) is 5.68. The lowest BCUT2D eigenvalue weighted by molar-refractivity contribution is 0.104. The minimum Gasteiger partial charge on any atom is -0.383 e. The third kappa shape index (κ3) is 3.30. The summed E-state index contributed by atoms with van der Waals surface area (Å²) in [6, 6.07) is 0.242. The van der Waals surface area contributed by atoms with Gasteiger partial charge < -0.3 is 15.0 Å². The first-order chi connectivity index (χ1) is 7.19. The van der Waals surface area contributed by atoms with Crippen molar-refractivity contribution in [1.82, 2.24) is 14.5 Å². The monoisotopic (exact) mass is 212 g/mol. The van der Waals surface area contributed by atoms with E-state index in [-0.39, 0.29) is 6.04 Å². The smallest absolute Gasteiger partial charge is 0.122 e. The van der Waals surface area contributed by atoms with Gasteiger partial charge in [0.1, 0.15) is 5.82 Å². The van der Waals surface area contributed by atoms with Gasteiger partial charge in [0.25, 0.3) is 0 Å². The Morgan fingerprint density at radius 2 is 2.40 bits per heavy atom. The van der Waals surface area contributed by atoms with Crippen molar-refractivity contribution in [2.24, 2.45) is 12.8 Å². The number of aromatic nitrogens is 2. The van der Waals surface area contributed by atoms with E-state index in [1.165, 1.54) is 0 Å². The number of hydrogen-bond donors (Lipinski definition) is 1. The van der Waals surface area contributed by atoms with Crippen LogP contribution in [0.1, 0.15) is 5.82 Å². The second-order valence-corrected chi connectivity index (χ2v) is 3.71. The molecule has 0 amide bonds. The SMILES string of the molecule is COCC(CN)N(C)Cc1nccn1C. The maximum atomic E-state index is 5.68. The molecule has 0 saturated carbocycles. The molecule has 0 aliphatic heterocycles. The summed E-state index contributed by atoms with van der Waals surface area (Å²) in [5.74, 6) is 1.03. The fourth-order valence-electron chi connectivity index (χ4n) is 1.47. The number of ether oxygens (including phenoxy) is 1. The molecule has 0 aromatic carbocycles. The van der Waals surface area contributed by atoms with Crippen LogP contribution in [0.3, 0.4) is 0 Å². The Balaban J connectivity index is 2.53. The van der Waals surface area contributed by atoms with Crippen LogP contribution in [0.4, 0.5) is 0 Å². The van der Waals surface area contributed by atoms with E-state index in [2.05, 4.69) is 9.88 Å². The van der Waals surface area contributed by atoms with Gasteiger partial charge in [-0.1, -0.05) is 0 Å². The van der Waals surface area contributed by atoms with Gasteiger partial charge in [0.15, 0.2) is 0 Å². The van der Waals surface area contributed by atoms with Gasteiger partial charge in [0, 0.05) is 39.1 Å². The Morgan fingerprint density at radius 1 is 1.67 bits per heavy atom. The summed E-state index contributed by atoms with van der Waals surface area (Å²) in [7, 11) is 5.71. The standard InChI is InChI=1S/C10H20N4O/c1-13-5-4-12-10(13)7-14(2)9(6-11)8-15-3/h4-5,9H,6-8,11H2,1-3H3.